The first-order valence-electron chi connectivity index (χ1n) is 5.27. The number of hydrogen-bond donors (Lipinski definition) is 2. The van der Waals surface area contributed by atoms with Crippen molar-refractivity contribution in [2.24, 2.45) is 5.73 Å². The van der Waals surface area contributed by atoms with E-state index in [1.54, 1.807) is 0 Å². The van der Waals surface area contributed by atoms with Gasteiger partial charge in [0, 0.05) is 24.5 Å². The van der Waals surface area contributed by atoms with Crippen molar-refractivity contribution in [2.45, 2.75) is 24.9 Å². The highest BCUT2D eigenvalue weighted by Crippen LogP contribution is 2.22. The van der Waals surface area contributed by atoms with Crippen molar-refractivity contribution in [3.8, 4) is 0 Å². The lowest BCUT2D eigenvalue weighted by molar-refractivity contribution is 0.372. The molecular formula is C11H14N4. The summed E-state index contributed by atoms with van der Waals surface area (Å²) in [6, 6.07) is 6.98. The molecule has 2 heterocycles. The van der Waals surface area contributed by atoms with Crippen molar-refractivity contribution in [3.63, 3.8) is 0 Å². The van der Waals surface area contributed by atoms with Crippen LogP contribution < -0.4 is 11.1 Å². The summed E-state index contributed by atoms with van der Waals surface area (Å²) >= 11 is 0. The van der Waals surface area contributed by atoms with Crippen LogP contribution in [0.15, 0.2) is 30.6 Å². The number of imidazole rings is 1. The van der Waals surface area contributed by atoms with Gasteiger partial charge in [-0.15, -0.1) is 0 Å². The molecule has 78 valence electrons. The lowest BCUT2D eigenvalue weighted by Crippen LogP contribution is -2.44. The lowest BCUT2D eigenvalue weighted by atomic mass is 9.88. The average Bonchev–Trinajstić information content (AvgIpc) is 2.64. The molecule has 0 aliphatic heterocycles. The van der Waals surface area contributed by atoms with Crippen LogP contribution in [0.2, 0.25) is 0 Å². The SMILES string of the molecule is NC1CC(Nc2cccc3nccn23)C1. The van der Waals surface area contributed by atoms with Gasteiger partial charge >= 0.3 is 0 Å². The largest absolute Gasteiger partial charge is 0.368 e. The van der Waals surface area contributed by atoms with Crippen molar-refractivity contribution in [1.82, 2.24) is 9.38 Å². The maximum Gasteiger partial charge on any atom is 0.138 e. The third-order valence-corrected chi connectivity index (χ3v) is 2.95. The fourth-order valence-electron chi connectivity index (χ4n) is 2.05. The highest BCUT2D eigenvalue weighted by molar-refractivity contribution is 5.50. The zero-order valence-corrected chi connectivity index (χ0v) is 8.43. The number of anilines is 1. The number of rotatable bonds is 2. The second-order valence-electron chi connectivity index (χ2n) is 4.14. The van der Waals surface area contributed by atoms with E-state index in [2.05, 4.69) is 20.8 Å². The van der Waals surface area contributed by atoms with Gasteiger partial charge in [-0.25, -0.2) is 4.98 Å². The Hall–Kier alpha value is -1.55. The second-order valence-corrected chi connectivity index (χ2v) is 4.14. The Labute approximate surface area is 88.1 Å². The number of nitrogens with zero attached hydrogens (tertiary/aromatic N) is 2. The van der Waals surface area contributed by atoms with E-state index in [1.807, 2.05) is 24.5 Å². The highest BCUT2D eigenvalue weighted by atomic mass is 15.1. The third kappa shape index (κ3) is 1.47. The van der Waals surface area contributed by atoms with Crippen molar-refractivity contribution in [2.75, 3.05) is 5.32 Å². The van der Waals surface area contributed by atoms with Crippen LogP contribution in [0, 0.1) is 0 Å². The smallest absolute Gasteiger partial charge is 0.138 e. The summed E-state index contributed by atoms with van der Waals surface area (Å²) in [7, 11) is 0. The molecule has 0 radical (unpaired) electrons. The lowest BCUT2D eigenvalue weighted by Gasteiger charge is -2.33. The number of fused-ring (bicyclic) bond motifs is 1. The van der Waals surface area contributed by atoms with Crippen LogP contribution in [0.25, 0.3) is 5.65 Å². The molecule has 3 N–H and O–H groups in total. The molecule has 0 saturated heterocycles. The summed E-state index contributed by atoms with van der Waals surface area (Å²) in [5.74, 6) is 1.10. The van der Waals surface area contributed by atoms with E-state index in [-0.39, 0.29) is 0 Å². The van der Waals surface area contributed by atoms with E-state index in [0.717, 1.165) is 24.3 Å². The number of aromatic nitrogens is 2. The predicted molar refractivity (Wildman–Crippen MR) is 59.8 cm³/mol. The maximum atomic E-state index is 5.76. The van der Waals surface area contributed by atoms with E-state index in [1.165, 1.54) is 0 Å². The number of pyridine rings is 1. The van der Waals surface area contributed by atoms with Crippen LogP contribution in [0.4, 0.5) is 5.82 Å². The molecule has 0 bridgehead atoms. The molecule has 0 atom stereocenters. The van der Waals surface area contributed by atoms with Crippen LogP contribution in [0.5, 0.6) is 0 Å². The van der Waals surface area contributed by atoms with Gasteiger partial charge in [0.1, 0.15) is 11.5 Å². The Morgan fingerprint density at radius 3 is 3.07 bits per heavy atom. The minimum absolute atomic E-state index is 0.379. The van der Waals surface area contributed by atoms with Crippen molar-refractivity contribution < 1.29 is 0 Å². The Morgan fingerprint density at radius 2 is 2.27 bits per heavy atom. The predicted octanol–water partition coefficient (Wildman–Crippen LogP) is 1.24. The van der Waals surface area contributed by atoms with Crippen molar-refractivity contribution in [1.29, 1.82) is 0 Å². The molecule has 1 fully saturated rings. The molecule has 4 heteroatoms. The standard InChI is InChI=1S/C11H14N4/c12-8-6-9(7-8)14-11-3-1-2-10-13-4-5-15(10)11/h1-5,8-9,14H,6-7,12H2. The molecule has 0 aromatic carbocycles. The fraction of sp³-hybridized carbons (Fsp3) is 0.364. The van der Waals surface area contributed by atoms with E-state index >= 15 is 0 Å². The maximum absolute atomic E-state index is 5.76. The van der Waals surface area contributed by atoms with E-state index in [0.29, 0.717) is 12.1 Å². The molecule has 2 aromatic heterocycles. The summed E-state index contributed by atoms with van der Waals surface area (Å²) in [5, 5.41) is 3.48. The molecular weight excluding hydrogens is 188 g/mol. The fourth-order valence-corrected chi connectivity index (χ4v) is 2.05. The number of nitrogens with one attached hydrogen (secondary N) is 1. The molecule has 0 unspecified atom stereocenters. The van der Waals surface area contributed by atoms with Gasteiger partial charge in [0.25, 0.3) is 0 Å². The molecule has 4 nitrogen and oxygen atoms in total. The highest BCUT2D eigenvalue weighted by Gasteiger charge is 2.25. The van der Waals surface area contributed by atoms with Gasteiger partial charge in [0.15, 0.2) is 0 Å². The molecule has 1 aliphatic rings. The minimum Gasteiger partial charge on any atom is -0.368 e. The molecule has 15 heavy (non-hydrogen) atoms. The van der Waals surface area contributed by atoms with Gasteiger partial charge < -0.3 is 11.1 Å². The van der Waals surface area contributed by atoms with Gasteiger partial charge in [0.05, 0.1) is 0 Å². The van der Waals surface area contributed by atoms with E-state index in [4.69, 9.17) is 5.73 Å². The zero-order chi connectivity index (χ0) is 10.3. The van der Waals surface area contributed by atoms with Gasteiger partial charge in [0.2, 0.25) is 0 Å². The number of nitrogens with two attached hydrogens (primary N) is 1. The molecule has 2 aromatic rings. The normalized spacial score (nSPS) is 25.1. The van der Waals surface area contributed by atoms with Gasteiger partial charge in [-0.05, 0) is 25.0 Å². The first-order valence-corrected chi connectivity index (χ1v) is 5.27. The Balaban J connectivity index is 1.87. The molecule has 0 amide bonds. The summed E-state index contributed by atoms with van der Waals surface area (Å²) in [6.45, 7) is 0. The first-order chi connectivity index (χ1) is 7.33. The monoisotopic (exact) mass is 202 g/mol. The van der Waals surface area contributed by atoms with Crippen LogP contribution in [-0.4, -0.2) is 21.5 Å². The second kappa shape index (κ2) is 3.24. The molecule has 0 spiro atoms. The summed E-state index contributed by atoms with van der Waals surface area (Å²) in [4.78, 5) is 4.24. The van der Waals surface area contributed by atoms with E-state index < -0.39 is 0 Å². The zero-order valence-electron chi connectivity index (χ0n) is 8.43. The van der Waals surface area contributed by atoms with Crippen molar-refractivity contribution >= 4 is 11.5 Å². The van der Waals surface area contributed by atoms with Crippen LogP contribution in [0.3, 0.4) is 0 Å². The third-order valence-electron chi connectivity index (χ3n) is 2.95. The minimum atomic E-state index is 0.379. The Bertz CT molecular complexity index is 470. The molecule has 1 aliphatic carbocycles. The van der Waals surface area contributed by atoms with Crippen LogP contribution in [-0.2, 0) is 0 Å². The van der Waals surface area contributed by atoms with Gasteiger partial charge in [-0.2, -0.15) is 0 Å². The quantitative estimate of drug-likeness (QED) is 0.770. The van der Waals surface area contributed by atoms with Gasteiger partial charge in [-0.3, -0.25) is 4.40 Å². The van der Waals surface area contributed by atoms with Gasteiger partial charge in [-0.1, -0.05) is 6.07 Å². The van der Waals surface area contributed by atoms with Crippen LogP contribution >= 0.6 is 0 Å². The molecule has 1 saturated carbocycles. The molecule has 3 rings (SSSR count). The van der Waals surface area contributed by atoms with Crippen molar-refractivity contribution in [3.05, 3.63) is 30.6 Å². The number of hydrogen-bond acceptors (Lipinski definition) is 3. The van der Waals surface area contributed by atoms with Crippen LogP contribution in [0.1, 0.15) is 12.8 Å². The summed E-state index contributed by atoms with van der Waals surface area (Å²) in [5.41, 5.74) is 6.73. The topological polar surface area (TPSA) is 55.3 Å². The average molecular weight is 202 g/mol. The Kier molecular flexibility index (Phi) is 1.89. The summed E-state index contributed by atoms with van der Waals surface area (Å²) < 4.78 is 2.06. The van der Waals surface area contributed by atoms with E-state index in [9.17, 15) is 0 Å². The summed E-state index contributed by atoms with van der Waals surface area (Å²) in [6.07, 6.45) is 5.90. The first kappa shape index (κ1) is 8.73. The Morgan fingerprint density at radius 1 is 1.40 bits per heavy atom.